The van der Waals surface area contributed by atoms with Gasteiger partial charge in [0.1, 0.15) is 5.54 Å². The van der Waals surface area contributed by atoms with Crippen LogP contribution in [0, 0.1) is 18.8 Å². The Balaban J connectivity index is 1.57. The van der Waals surface area contributed by atoms with Crippen molar-refractivity contribution in [3.8, 4) is 0 Å². The van der Waals surface area contributed by atoms with Gasteiger partial charge in [0.25, 0.3) is 0 Å². The highest BCUT2D eigenvalue weighted by Crippen LogP contribution is 2.54. The maximum Gasteiger partial charge on any atom is 0.250 e. The Morgan fingerprint density at radius 3 is 2.53 bits per heavy atom. The van der Waals surface area contributed by atoms with Crippen LogP contribution in [-0.2, 0) is 26.3 Å². The summed E-state index contributed by atoms with van der Waals surface area (Å²) in [6.45, 7) is 3.59. The van der Waals surface area contributed by atoms with Crippen LogP contribution in [0.15, 0.2) is 42.5 Å². The second-order valence-electron chi connectivity index (χ2n) is 8.83. The van der Waals surface area contributed by atoms with Crippen LogP contribution < -0.4 is 10.6 Å². The fraction of sp³-hybridized carbons (Fsp3) is 0.375. The predicted octanol–water partition coefficient (Wildman–Crippen LogP) is 1.99. The van der Waals surface area contributed by atoms with E-state index in [1.54, 1.807) is 26.0 Å². The first-order valence-electron chi connectivity index (χ1n) is 10.7. The molecule has 0 aromatic heterocycles. The van der Waals surface area contributed by atoms with E-state index < -0.39 is 35.4 Å². The first-order chi connectivity index (χ1) is 15.3. The van der Waals surface area contributed by atoms with Crippen molar-refractivity contribution in [3.05, 3.63) is 64.2 Å². The van der Waals surface area contributed by atoms with Crippen LogP contribution in [0.1, 0.15) is 23.6 Å². The summed E-state index contributed by atoms with van der Waals surface area (Å²) in [4.78, 5) is 41.7. The summed E-state index contributed by atoms with van der Waals surface area (Å²) >= 11 is 6.26. The Morgan fingerprint density at radius 1 is 1.12 bits per heavy atom. The highest BCUT2D eigenvalue weighted by Gasteiger charge is 2.71. The van der Waals surface area contributed by atoms with Gasteiger partial charge in [0, 0.05) is 23.2 Å². The second-order valence-corrected chi connectivity index (χ2v) is 9.24. The Hall–Kier alpha value is -2.74. The van der Waals surface area contributed by atoms with Crippen LogP contribution in [0.2, 0.25) is 5.02 Å². The van der Waals surface area contributed by atoms with Crippen molar-refractivity contribution in [2.24, 2.45) is 11.8 Å². The zero-order valence-electron chi connectivity index (χ0n) is 17.8. The molecule has 3 aliphatic rings. The molecule has 2 saturated heterocycles. The van der Waals surface area contributed by atoms with E-state index in [2.05, 4.69) is 10.6 Å². The Kier molecular flexibility index (Phi) is 4.89. The molecule has 8 heteroatoms. The molecule has 3 heterocycles. The molecule has 2 aromatic rings. The summed E-state index contributed by atoms with van der Waals surface area (Å²) in [6, 6.07) is 12.3. The largest absolute Gasteiger partial charge is 0.392 e. The van der Waals surface area contributed by atoms with Crippen molar-refractivity contribution in [2.75, 3.05) is 11.9 Å². The minimum Gasteiger partial charge on any atom is -0.392 e. The van der Waals surface area contributed by atoms with E-state index in [9.17, 15) is 19.5 Å². The lowest BCUT2D eigenvalue weighted by molar-refractivity contribution is -0.143. The molecule has 3 N–H and O–H groups in total. The fourth-order valence-electron chi connectivity index (χ4n) is 5.50. The van der Waals surface area contributed by atoms with Gasteiger partial charge in [-0.2, -0.15) is 0 Å². The molecule has 0 radical (unpaired) electrons. The van der Waals surface area contributed by atoms with E-state index in [0.29, 0.717) is 28.3 Å². The molecule has 2 aromatic carbocycles. The minimum atomic E-state index is -1.43. The normalized spacial score (nSPS) is 29.4. The molecule has 0 aliphatic carbocycles. The number of benzene rings is 2. The van der Waals surface area contributed by atoms with Gasteiger partial charge in [0.05, 0.1) is 23.6 Å². The van der Waals surface area contributed by atoms with Crippen LogP contribution in [0.3, 0.4) is 0 Å². The number of anilines is 1. The zero-order chi connectivity index (χ0) is 22.8. The molecule has 0 unspecified atom stereocenters. The molecular weight excluding hydrogens is 430 g/mol. The lowest BCUT2D eigenvalue weighted by atomic mass is 9.76. The Bertz CT molecular complexity index is 1140. The quantitative estimate of drug-likeness (QED) is 0.615. The molecule has 1 spiro atoms. The highest BCUT2D eigenvalue weighted by molar-refractivity contribution is 6.32. The van der Waals surface area contributed by atoms with Crippen molar-refractivity contribution >= 4 is 35.0 Å². The summed E-state index contributed by atoms with van der Waals surface area (Å²) in [6.07, 6.45) is -0.410. The molecular formula is C24H24ClN3O4. The molecule has 7 nitrogen and oxygen atoms in total. The predicted molar refractivity (Wildman–Crippen MR) is 119 cm³/mol. The summed E-state index contributed by atoms with van der Waals surface area (Å²) in [5, 5.41) is 17.0. The van der Waals surface area contributed by atoms with E-state index in [1.165, 1.54) is 4.90 Å². The SMILES string of the molecule is Cc1c(Cl)ccc2c1NC(=O)[C@]21N[C@@H]([C@H](C)O)[C@H]2C(=O)N(CCc3ccccc3)C(=O)[C@H]21. The monoisotopic (exact) mass is 453 g/mol. The van der Waals surface area contributed by atoms with E-state index in [1.807, 2.05) is 30.3 Å². The van der Waals surface area contributed by atoms with Crippen molar-refractivity contribution in [3.63, 3.8) is 0 Å². The number of amides is 3. The number of nitrogens with one attached hydrogen (secondary N) is 2. The third kappa shape index (κ3) is 2.78. The molecule has 2 fully saturated rings. The van der Waals surface area contributed by atoms with E-state index in [-0.39, 0.29) is 18.4 Å². The molecule has 5 rings (SSSR count). The average Bonchev–Trinajstić information content (AvgIpc) is 3.36. The number of likely N-dealkylation sites (tertiary alicyclic amines) is 1. The van der Waals surface area contributed by atoms with Crippen molar-refractivity contribution in [1.82, 2.24) is 10.2 Å². The van der Waals surface area contributed by atoms with Crippen LogP contribution in [0.4, 0.5) is 5.69 Å². The van der Waals surface area contributed by atoms with Gasteiger partial charge in [-0.25, -0.2) is 0 Å². The number of carbonyl (C=O) groups is 3. The average molecular weight is 454 g/mol. The van der Waals surface area contributed by atoms with Gasteiger partial charge in [0.15, 0.2) is 0 Å². The van der Waals surface area contributed by atoms with Crippen LogP contribution >= 0.6 is 11.6 Å². The summed E-state index contributed by atoms with van der Waals surface area (Å²) < 4.78 is 0. The lowest BCUT2D eigenvalue weighted by Gasteiger charge is -2.30. The first-order valence-corrected chi connectivity index (χ1v) is 11.1. The smallest absolute Gasteiger partial charge is 0.250 e. The van der Waals surface area contributed by atoms with Crippen molar-refractivity contribution in [1.29, 1.82) is 0 Å². The number of fused-ring (bicyclic) bond motifs is 4. The van der Waals surface area contributed by atoms with E-state index in [4.69, 9.17) is 11.6 Å². The fourth-order valence-corrected chi connectivity index (χ4v) is 5.66. The summed E-state index contributed by atoms with van der Waals surface area (Å²) in [5.41, 5.74) is 1.44. The van der Waals surface area contributed by atoms with Crippen LogP contribution in [0.5, 0.6) is 0 Å². The molecule has 32 heavy (non-hydrogen) atoms. The summed E-state index contributed by atoms with van der Waals surface area (Å²) in [5.74, 6) is -2.90. The molecule has 0 bridgehead atoms. The van der Waals surface area contributed by atoms with Crippen LogP contribution in [-0.4, -0.2) is 46.4 Å². The maximum atomic E-state index is 13.6. The number of hydrogen-bond donors (Lipinski definition) is 3. The maximum absolute atomic E-state index is 13.6. The second kappa shape index (κ2) is 7.40. The molecule has 3 amide bonds. The number of halogens is 1. The van der Waals surface area contributed by atoms with Crippen molar-refractivity contribution < 1.29 is 19.5 Å². The zero-order valence-corrected chi connectivity index (χ0v) is 18.5. The van der Waals surface area contributed by atoms with Crippen molar-refractivity contribution in [2.45, 2.75) is 38.0 Å². The van der Waals surface area contributed by atoms with Gasteiger partial charge in [-0.15, -0.1) is 0 Å². The van der Waals surface area contributed by atoms with Gasteiger partial charge in [-0.1, -0.05) is 48.0 Å². The number of nitrogens with zero attached hydrogens (tertiary/aromatic N) is 1. The standard InChI is InChI=1S/C24H24ClN3O4/c1-12-16(25)9-8-15-19(12)26-23(32)24(15)18-17(20(27-24)13(2)29)21(30)28(22(18)31)11-10-14-6-4-3-5-7-14/h3-9,13,17-18,20,27,29H,10-11H2,1-2H3,(H,26,32)/t13-,17-,18-,20-,24-/m0/s1. The molecule has 5 atom stereocenters. The third-order valence-electron chi connectivity index (χ3n) is 7.10. The Labute approximate surface area is 190 Å². The van der Waals surface area contributed by atoms with Gasteiger partial charge in [-0.05, 0) is 37.5 Å². The third-order valence-corrected chi connectivity index (χ3v) is 7.51. The van der Waals surface area contributed by atoms with Gasteiger partial charge in [0.2, 0.25) is 17.7 Å². The molecule has 0 saturated carbocycles. The number of carbonyl (C=O) groups excluding carboxylic acids is 3. The number of imide groups is 1. The minimum absolute atomic E-state index is 0.228. The number of aliphatic hydroxyl groups is 1. The molecule has 3 aliphatic heterocycles. The number of aliphatic hydroxyl groups excluding tert-OH is 1. The van der Waals surface area contributed by atoms with E-state index in [0.717, 1.165) is 5.56 Å². The number of rotatable bonds is 4. The van der Waals surface area contributed by atoms with Crippen LogP contribution in [0.25, 0.3) is 0 Å². The van der Waals surface area contributed by atoms with E-state index >= 15 is 0 Å². The highest BCUT2D eigenvalue weighted by atomic mass is 35.5. The summed E-state index contributed by atoms with van der Waals surface area (Å²) in [7, 11) is 0. The van der Waals surface area contributed by atoms with Gasteiger partial charge in [-0.3, -0.25) is 24.6 Å². The molecule has 166 valence electrons. The lowest BCUT2D eigenvalue weighted by Crippen LogP contribution is -2.55. The first kappa shape index (κ1) is 21.1. The Morgan fingerprint density at radius 2 is 1.84 bits per heavy atom. The van der Waals surface area contributed by atoms with Gasteiger partial charge >= 0.3 is 0 Å². The van der Waals surface area contributed by atoms with Gasteiger partial charge < -0.3 is 10.4 Å². The number of hydrogen-bond acceptors (Lipinski definition) is 5. The topological polar surface area (TPSA) is 98.7 Å².